The van der Waals surface area contributed by atoms with Gasteiger partial charge in [-0.05, 0) is 43.2 Å². The molecule has 1 unspecified atom stereocenters. The molecule has 3 aromatic rings. The molecule has 27 heavy (non-hydrogen) atoms. The Bertz CT molecular complexity index is 1000. The fraction of sp³-hybridized carbons (Fsp3) is 0.150. The Kier molecular flexibility index (Phi) is 5.05. The summed E-state index contributed by atoms with van der Waals surface area (Å²) in [6, 6.07) is 16.5. The van der Waals surface area contributed by atoms with Crippen molar-refractivity contribution in [1.82, 2.24) is 4.98 Å². The van der Waals surface area contributed by atoms with Gasteiger partial charge in [0.2, 0.25) is 5.91 Å². The minimum absolute atomic E-state index is 0.0712. The number of amides is 2. The number of rotatable bonds is 4. The van der Waals surface area contributed by atoms with Crippen LogP contribution in [0.2, 0.25) is 0 Å². The fourth-order valence-electron chi connectivity index (χ4n) is 3.09. The van der Waals surface area contributed by atoms with Crippen molar-refractivity contribution in [3.8, 4) is 0 Å². The van der Waals surface area contributed by atoms with E-state index in [1.54, 1.807) is 12.1 Å². The van der Waals surface area contributed by atoms with Crippen LogP contribution in [0.4, 0.5) is 10.8 Å². The molecule has 1 atom stereocenters. The summed E-state index contributed by atoms with van der Waals surface area (Å²) < 4.78 is 0.909. The van der Waals surface area contributed by atoms with E-state index < -0.39 is 0 Å². The van der Waals surface area contributed by atoms with Crippen molar-refractivity contribution in [1.29, 1.82) is 0 Å². The Hall–Kier alpha value is -2.51. The van der Waals surface area contributed by atoms with Crippen LogP contribution in [0, 0.1) is 0 Å². The standard InChI is InChI=1S/C20H16BrN3O2S/c21-13-7-4-8-14(11-13)22-19(26)15-9-10-16-17(15)23-20(27-16)24-18(25)12-5-2-1-3-6-12/h1-8,11,15H,9-10H2,(H,22,26)(H,23,24,25). The lowest BCUT2D eigenvalue weighted by Gasteiger charge is -2.11. The van der Waals surface area contributed by atoms with Crippen molar-refractivity contribution in [2.75, 3.05) is 10.6 Å². The van der Waals surface area contributed by atoms with Crippen LogP contribution < -0.4 is 10.6 Å². The highest BCUT2D eigenvalue weighted by Crippen LogP contribution is 2.39. The Morgan fingerprint density at radius 3 is 2.67 bits per heavy atom. The van der Waals surface area contributed by atoms with Crippen molar-refractivity contribution in [3.05, 3.63) is 75.2 Å². The van der Waals surface area contributed by atoms with Crippen LogP contribution in [0.5, 0.6) is 0 Å². The van der Waals surface area contributed by atoms with E-state index in [-0.39, 0.29) is 17.7 Å². The Balaban J connectivity index is 1.47. The maximum Gasteiger partial charge on any atom is 0.257 e. The quantitative estimate of drug-likeness (QED) is 0.608. The molecule has 0 spiro atoms. The van der Waals surface area contributed by atoms with E-state index >= 15 is 0 Å². The van der Waals surface area contributed by atoms with Gasteiger partial charge in [0.05, 0.1) is 11.6 Å². The van der Waals surface area contributed by atoms with Gasteiger partial charge in [-0.15, -0.1) is 11.3 Å². The van der Waals surface area contributed by atoms with E-state index in [9.17, 15) is 9.59 Å². The molecule has 7 heteroatoms. The molecule has 4 rings (SSSR count). The number of carbonyl (C=O) groups is 2. The van der Waals surface area contributed by atoms with E-state index in [1.165, 1.54) is 11.3 Å². The minimum Gasteiger partial charge on any atom is -0.325 e. The lowest BCUT2D eigenvalue weighted by atomic mass is 10.1. The number of hydrogen-bond acceptors (Lipinski definition) is 4. The van der Waals surface area contributed by atoms with Crippen molar-refractivity contribution in [3.63, 3.8) is 0 Å². The van der Waals surface area contributed by atoms with Gasteiger partial charge in [-0.1, -0.05) is 40.2 Å². The van der Waals surface area contributed by atoms with Gasteiger partial charge in [-0.2, -0.15) is 0 Å². The summed E-state index contributed by atoms with van der Waals surface area (Å²) >= 11 is 4.85. The normalized spacial score (nSPS) is 15.2. The van der Waals surface area contributed by atoms with E-state index in [1.807, 2.05) is 42.5 Å². The van der Waals surface area contributed by atoms with Crippen molar-refractivity contribution in [2.24, 2.45) is 0 Å². The summed E-state index contributed by atoms with van der Waals surface area (Å²) in [5, 5.41) is 6.32. The molecule has 1 aromatic heterocycles. The molecule has 0 radical (unpaired) electrons. The second-order valence-corrected chi connectivity index (χ2v) is 8.24. The zero-order chi connectivity index (χ0) is 18.8. The number of nitrogens with zero attached hydrogens (tertiary/aromatic N) is 1. The molecule has 0 saturated heterocycles. The highest BCUT2D eigenvalue weighted by atomic mass is 79.9. The molecule has 136 valence electrons. The minimum atomic E-state index is -0.294. The Morgan fingerprint density at radius 2 is 1.89 bits per heavy atom. The van der Waals surface area contributed by atoms with Gasteiger partial charge in [0.15, 0.2) is 5.13 Å². The van der Waals surface area contributed by atoms with Gasteiger partial charge < -0.3 is 5.32 Å². The third-order valence-corrected chi connectivity index (χ3v) is 5.92. The van der Waals surface area contributed by atoms with Gasteiger partial charge in [0, 0.05) is 20.6 Å². The first-order valence-corrected chi connectivity index (χ1v) is 10.1. The molecule has 1 heterocycles. The van der Waals surface area contributed by atoms with Gasteiger partial charge in [-0.3, -0.25) is 14.9 Å². The summed E-state index contributed by atoms with van der Waals surface area (Å²) in [7, 11) is 0. The number of thiazole rings is 1. The first kappa shape index (κ1) is 17.9. The maximum absolute atomic E-state index is 12.7. The number of fused-ring (bicyclic) bond motifs is 1. The van der Waals surface area contributed by atoms with E-state index in [4.69, 9.17) is 0 Å². The predicted molar refractivity (Wildman–Crippen MR) is 110 cm³/mol. The molecule has 2 aromatic carbocycles. The van der Waals surface area contributed by atoms with Crippen LogP contribution >= 0.6 is 27.3 Å². The average Bonchev–Trinajstić information content (AvgIpc) is 3.22. The summed E-state index contributed by atoms with van der Waals surface area (Å²) in [5.41, 5.74) is 2.10. The second-order valence-electron chi connectivity index (χ2n) is 6.24. The van der Waals surface area contributed by atoms with Crippen molar-refractivity contribution >= 4 is 49.9 Å². The molecule has 1 aliphatic rings. The molecule has 1 aliphatic carbocycles. The van der Waals surface area contributed by atoms with Crippen LogP contribution in [-0.4, -0.2) is 16.8 Å². The Labute approximate surface area is 169 Å². The number of hydrogen-bond donors (Lipinski definition) is 2. The van der Waals surface area contributed by atoms with Crippen LogP contribution in [0.25, 0.3) is 0 Å². The SMILES string of the molecule is O=C(Nc1nc2c(s1)CCC2C(=O)Nc1cccc(Br)c1)c1ccccc1. The molecule has 5 nitrogen and oxygen atoms in total. The molecule has 0 fully saturated rings. The Morgan fingerprint density at radius 1 is 1.07 bits per heavy atom. The number of carbonyl (C=O) groups excluding carboxylic acids is 2. The molecule has 2 N–H and O–H groups in total. The molecule has 0 bridgehead atoms. The predicted octanol–water partition coefficient (Wildman–Crippen LogP) is 4.83. The number of nitrogens with one attached hydrogen (secondary N) is 2. The molecule has 0 saturated carbocycles. The average molecular weight is 442 g/mol. The molecular formula is C20H16BrN3O2S. The zero-order valence-electron chi connectivity index (χ0n) is 14.2. The lowest BCUT2D eigenvalue weighted by Crippen LogP contribution is -2.20. The van der Waals surface area contributed by atoms with Gasteiger partial charge in [0.25, 0.3) is 5.91 Å². The third-order valence-electron chi connectivity index (χ3n) is 4.38. The number of halogens is 1. The monoisotopic (exact) mass is 441 g/mol. The summed E-state index contributed by atoms with van der Waals surface area (Å²) in [5.74, 6) is -0.561. The highest BCUT2D eigenvalue weighted by Gasteiger charge is 2.33. The number of benzene rings is 2. The number of anilines is 2. The fourth-order valence-corrected chi connectivity index (χ4v) is 4.52. The first-order chi connectivity index (χ1) is 13.1. The van der Waals surface area contributed by atoms with Gasteiger partial charge >= 0.3 is 0 Å². The van der Waals surface area contributed by atoms with Crippen LogP contribution in [0.15, 0.2) is 59.1 Å². The molecule has 0 aliphatic heterocycles. The first-order valence-electron chi connectivity index (χ1n) is 8.52. The molecule has 2 amide bonds. The number of aryl methyl sites for hydroxylation is 1. The lowest BCUT2D eigenvalue weighted by molar-refractivity contribution is -0.117. The number of aromatic nitrogens is 1. The molecular weight excluding hydrogens is 426 g/mol. The van der Waals surface area contributed by atoms with Crippen LogP contribution in [0.3, 0.4) is 0 Å². The topological polar surface area (TPSA) is 71.1 Å². The largest absolute Gasteiger partial charge is 0.325 e. The van der Waals surface area contributed by atoms with Gasteiger partial charge in [-0.25, -0.2) is 4.98 Å². The van der Waals surface area contributed by atoms with Gasteiger partial charge in [0.1, 0.15) is 0 Å². The summed E-state index contributed by atoms with van der Waals surface area (Å²) in [6.07, 6.45) is 1.53. The van der Waals surface area contributed by atoms with E-state index in [2.05, 4.69) is 31.5 Å². The zero-order valence-corrected chi connectivity index (χ0v) is 16.6. The highest BCUT2D eigenvalue weighted by molar-refractivity contribution is 9.10. The third kappa shape index (κ3) is 3.94. The van der Waals surface area contributed by atoms with Crippen LogP contribution in [-0.2, 0) is 11.2 Å². The van der Waals surface area contributed by atoms with Crippen molar-refractivity contribution < 1.29 is 9.59 Å². The van der Waals surface area contributed by atoms with E-state index in [0.29, 0.717) is 10.7 Å². The maximum atomic E-state index is 12.7. The summed E-state index contributed by atoms with van der Waals surface area (Å²) in [6.45, 7) is 0. The van der Waals surface area contributed by atoms with Crippen LogP contribution in [0.1, 0.15) is 33.3 Å². The van der Waals surface area contributed by atoms with Crippen molar-refractivity contribution in [2.45, 2.75) is 18.8 Å². The smallest absolute Gasteiger partial charge is 0.257 e. The second kappa shape index (κ2) is 7.62. The summed E-state index contributed by atoms with van der Waals surface area (Å²) in [4.78, 5) is 30.6. The van der Waals surface area contributed by atoms with E-state index in [0.717, 1.165) is 33.6 Å².